The van der Waals surface area contributed by atoms with E-state index in [2.05, 4.69) is 0 Å². The van der Waals surface area contributed by atoms with E-state index >= 15 is 0 Å². The van der Waals surface area contributed by atoms with Gasteiger partial charge in [0.15, 0.2) is 0 Å². The van der Waals surface area contributed by atoms with Crippen LogP contribution >= 0.6 is 0 Å². The second-order valence-corrected chi connectivity index (χ2v) is 8.58. The molecule has 2 aliphatic rings. The van der Waals surface area contributed by atoms with Gasteiger partial charge in [-0.25, -0.2) is 0 Å². The van der Waals surface area contributed by atoms with E-state index in [-0.39, 0.29) is 28.6 Å². The third kappa shape index (κ3) is 4.40. The van der Waals surface area contributed by atoms with Crippen molar-refractivity contribution >= 4 is 23.0 Å². The summed E-state index contributed by atoms with van der Waals surface area (Å²) in [6.45, 7) is 5.30. The molecule has 2 aromatic carbocycles. The van der Waals surface area contributed by atoms with Crippen LogP contribution in [0.1, 0.15) is 28.4 Å². The van der Waals surface area contributed by atoms with E-state index in [4.69, 9.17) is 18.9 Å². The van der Waals surface area contributed by atoms with Gasteiger partial charge < -0.3 is 23.8 Å². The first-order valence-corrected chi connectivity index (χ1v) is 11.6. The highest BCUT2D eigenvalue weighted by Gasteiger charge is 2.36. The minimum atomic E-state index is -0.468. The van der Waals surface area contributed by atoms with Crippen LogP contribution in [0.25, 0.3) is 16.7 Å². The first-order valence-electron chi connectivity index (χ1n) is 11.6. The molecular formula is C28H29NO7. The van der Waals surface area contributed by atoms with Gasteiger partial charge in [0.1, 0.15) is 5.75 Å². The zero-order valence-electron chi connectivity index (χ0n) is 21.1. The summed E-state index contributed by atoms with van der Waals surface area (Å²) in [6, 6.07) is 11.0. The monoisotopic (exact) mass is 491 g/mol. The van der Waals surface area contributed by atoms with Crippen LogP contribution in [0.15, 0.2) is 53.5 Å². The molecule has 0 N–H and O–H groups in total. The summed E-state index contributed by atoms with van der Waals surface area (Å²) in [6.07, 6.45) is 0. The van der Waals surface area contributed by atoms with Crippen molar-refractivity contribution in [3.8, 4) is 16.9 Å². The SMILES string of the molecule is COC1=C(OC)C(=O)C(c2cc(C)c(-c3cccc(OC)c3)c(C(=O)N3CCOCC3)c2)=C(C)C1=O. The van der Waals surface area contributed by atoms with E-state index < -0.39 is 11.6 Å². The molecule has 1 saturated heterocycles. The second-order valence-electron chi connectivity index (χ2n) is 8.58. The topological polar surface area (TPSA) is 91.4 Å². The van der Waals surface area contributed by atoms with E-state index in [9.17, 15) is 14.4 Å². The van der Waals surface area contributed by atoms with Crippen molar-refractivity contribution in [3.05, 3.63) is 70.2 Å². The number of morpholine rings is 1. The number of carbonyl (C=O) groups excluding carboxylic acids is 3. The highest BCUT2D eigenvalue weighted by Crippen LogP contribution is 2.37. The number of hydrogen-bond donors (Lipinski definition) is 0. The van der Waals surface area contributed by atoms with Crippen molar-refractivity contribution in [2.24, 2.45) is 0 Å². The standard InChI is InChI=1S/C28H29NO7/c1-16-13-19(23-17(2)24(30)26(34-4)27(35-5)25(23)31)15-21(28(32)29-9-11-36-12-10-29)22(16)18-7-6-8-20(14-18)33-3/h6-8,13-15H,9-12H2,1-5H3. The zero-order valence-corrected chi connectivity index (χ0v) is 21.1. The summed E-state index contributed by atoms with van der Waals surface area (Å²) >= 11 is 0. The molecule has 36 heavy (non-hydrogen) atoms. The number of allylic oxidation sites excluding steroid dienone is 2. The zero-order chi connectivity index (χ0) is 26.0. The molecule has 188 valence electrons. The maximum absolute atomic E-state index is 13.8. The summed E-state index contributed by atoms with van der Waals surface area (Å²) < 4.78 is 21.2. The number of aryl methyl sites for hydroxylation is 1. The fourth-order valence-corrected chi connectivity index (χ4v) is 4.69. The number of rotatable bonds is 6. The number of ketones is 2. The number of benzene rings is 2. The second kappa shape index (κ2) is 10.4. The van der Waals surface area contributed by atoms with Crippen molar-refractivity contribution < 1.29 is 33.3 Å². The molecule has 1 amide bonds. The van der Waals surface area contributed by atoms with Crippen LogP contribution in [0, 0.1) is 6.92 Å². The van der Waals surface area contributed by atoms with Crippen molar-refractivity contribution in [1.82, 2.24) is 4.90 Å². The number of amides is 1. The molecule has 1 aliphatic heterocycles. The minimum Gasteiger partial charge on any atom is -0.497 e. The van der Waals surface area contributed by atoms with Crippen LogP contribution < -0.4 is 4.74 Å². The number of carbonyl (C=O) groups is 3. The molecule has 0 aromatic heterocycles. The predicted molar refractivity (Wildman–Crippen MR) is 134 cm³/mol. The lowest BCUT2D eigenvalue weighted by Crippen LogP contribution is -2.41. The molecule has 1 aliphatic carbocycles. The maximum atomic E-state index is 13.8. The summed E-state index contributed by atoms with van der Waals surface area (Å²) in [5.41, 5.74) is 3.65. The van der Waals surface area contributed by atoms with Crippen molar-refractivity contribution in [3.63, 3.8) is 0 Å². The van der Waals surface area contributed by atoms with Gasteiger partial charge in [-0.15, -0.1) is 0 Å². The third-order valence-electron chi connectivity index (χ3n) is 6.48. The van der Waals surface area contributed by atoms with Crippen molar-refractivity contribution in [1.29, 1.82) is 0 Å². The molecule has 4 rings (SSSR count). The molecule has 0 spiro atoms. The average molecular weight is 492 g/mol. The Morgan fingerprint density at radius 3 is 2.17 bits per heavy atom. The normalized spacial score (nSPS) is 16.4. The fraction of sp³-hybridized carbons (Fsp3) is 0.321. The van der Waals surface area contributed by atoms with E-state index in [0.29, 0.717) is 43.2 Å². The number of methoxy groups -OCH3 is 3. The number of ether oxygens (including phenoxy) is 4. The van der Waals surface area contributed by atoms with E-state index in [1.165, 1.54) is 14.2 Å². The first-order chi connectivity index (χ1) is 17.3. The molecule has 0 bridgehead atoms. The van der Waals surface area contributed by atoms with E-state index in [1.54, 1.807) is 25.0 Å². The lowest BCUT2D eigenvalue weighted by molar-refractivity contribution is -0.119. The predicted octanol–water partition coefficient (Wildman–Crippen LogP) is 3.57. The van der Waals surface area contributed by atoms with Gasteiger partial charge in [-0.3, -0.25) is 14.4 Å². The summed E-state index contributed by atoms with van der Waals surface area (Å²) in [4.78, 5) is 41.9. The maximum Gasteiger partial charge on any atom is 0.254 e. The number of Topliss-reactive ketones (excluding diaryl/α,β-unsaturated/α-hetero) is 2. The summed E-state index contributed by atoms with van der Waals surface area (Å²) in [7, 11) is 4.23. The number of hydrogen-bond acceptors (Lipinski definition) is 7. The quantitative estimate of drug-likeness (QED) is 0.571. The Kier molecular flexibility index (Phi) is 7.26. The Balaban J connectivity index is 1.93. The largest absolute Gasteiger partial charge is 0.497 e. The van der Waals surface area contributed by atoms with Crippen molar-refractivity contribution in [2.75, 3.05) is 47.6 Å². The van der Waals surface area contributed by atoms with Gasteiger partial charge >= 0.3 is 0 Å². The minimum absolute atomic E-state index is 0.127. The van der Waals surface area contributed by atoms with Crippen LogP contribution in [-0.4, -0.2) is 70.0 Å². The first kappa shape index (κ1) is 25.2. The van der Waals surface area contributed by atoms with Gasteiger partial charge in [-0.2, -0.15) is 0 Å². The molecule has 0 unspecified atom stereocenters. The Hall–Kier alpha value is -3.91. The Labute approximate surface area is 210 Å². The lowest BCUT2D eigenvalue weighted by Gasteiger charge is -2.29. The summed E-state index contributed by atoms with van der Waals surface area (Å²) in [5.74, 6) is -0.690. The van der Waals surface area contributed by atoms with Crippen LogP contribution in [0.3, 0.4) is 0 Å². The molecule has 8 heteroatoms. The Bertz CT molecular complexity index is 1300. The molecular weight excluding hydrogens is 462 g/mol. The molecule has 0 radical (unpaired) electrons. The lowest BCUT2D eigenvalue weighted by atomic mass is 9.84. The average Bonchev–Trinajstić information content (AvgIpc) is 2.90. The van der Waals surface area contributed by atoms with E-state index in [0.717, 1.165) is 16.7 Å². The molecule has 2 aromatic rings. The van der Waals surface area contributed by atoms with Crippen LogP contribution in [0.2, 0.25) is 0 Å². The highest BCUT2D eigenvalue weighted by molar-refractivity contribution is 6.38. The Morgan fingerprint density at radius 2 is 1.53 bits per heavy atom. The van der Waals surface area contributed by atoms with Crippen LogP contribution in [-0.2, 0) is 23.8 Å². The molecule has 0 atom stereocenters. The Morgan fingerprint density at radius 1 is 0.861 bits per heavy atom. The van der Waals surface area contributed by atoms with Gasteiger partial charge in [0.2, 0.25) is 23.1 Å². The van der Waals surface area contributed by atoms with Gasteiger partial charge in [-0.05, 0) is 54.3 Å². The van der Waals surface area contributed by atoms with Gasteiger partial charge in [-0.1, -0.05) is 18.2 Å². The molecule has 8 nitrogen and oxygen atoms in total. The van der Waals surface area contributed by atoms with E-state index in [1.807, 2.05) is 37.3 Å². The summed E-state index contributed by atoms with van der Waals surface area (Å²) in [5, 5.41) is 0. The van der Waals surface area contributed by atoms with Crippen LogP contribution in [0.5, 0.6) is 5.75 Å². The van der Waals surface area contributed by atoms with Crippen LogP contribution in [0.4, 0.5) is 0 Å². The molecule has 1 heterocycles. The third-order valence-corrected chi connectivity index (χ3v) is 6.48. The number of nitrogens with zero attached hydrogens (tertiary/aromatic N) is 1. The fourth-order valence-electron chi connectivity index (χ4n) is 4.69. The smallest absolute Gasteiger partial charge is 0.254 e. The van der Waals surface area contributed by atoms with Gasteiger partial charge in [0.25, 0.3) is 5.91 Å². The van der Waals surface area contributed by atoms with Crippen molar-refractivity contribution in [2.45, 2.75) is 13.8 Å². The van der Waals surface area contributed by atoms with Gasteiger partial charge in [0.05, 0.1) is 34.5 Å². The highest BCUT2D eigenvalue weighted by atomic mass is 16.5. The molecule has 0 saturated carbocycles. The molecule has 1 fully saturated rings. The van der Waals surface area contributed by atoms with Gasteiger partial charge in [0, 0.05) is 29.8 Å².